The van der Waals surface area contributed by atoms with E-state index in [1.165, 1.54) is 10.9 Å². The van der Waals surface area contributed by atoms with Crippen LogP contribution in [0.2, 0.25) is 0 Å². The largest absolute Gasteiger partial charge is 0.461 e. The summed E-state index contributed by atoms with van der Waals surface area (Å²) in [5.41, 5.74) is 4.98. The molecule has 14 nitrogen and oxygen atoms in total. The van der Waals surface area contributed by atoms with Gasteiger partial charge in [-0.05, 0) is 49.8 Å². The number of benzene rings is 2. The first kappa shape index (κ1) is 44.2. The highest BCUT2D eigenvalue weighted by atomic mass is 31.2. The van der Waals surface area contributed by atoms with Crippen LogP contribution in [0.25, 0.3) is 11.2 Å². The molecule has 16 heteroatoms. The van der Waals surface area contributed by atoms with Crippen molar-refractivity contribution in [1.82, 2.24) is 24.6 Å². The summed E-state index contributed by atoms with van der Waals surface area (Å²) in [6.07, 6.45) is 9.61. The van der Waals surface area contributed by atoms with Gasteiger partial charge in [0.1, 0.15) is 36.8 Å². The molecule has 0 bridgehead atoms. The van der Waals surface area contributed by atoms with E-state index >= 15 is 4.57 Å². The van der Waals surface area contributed by atoms with Crippen molar-refractivity contribution in [3.05, 3.63) is 78.6 Å². The molecule has 3 N–H and O–H groups in total. The zero-order chi connectivity index (χ0) is 41.7. The molecule has 5 atom stereocenters. The van der Waals surface area contributed by atoms with Gasteiger partial charge >= 0.3 is 25.8 Å². The third kappa shape index (κ3) is 11.2. The Balaban J connectivity index is 1.52. The van der Waals surface area contributed by atoms with E-state index in [1.54, 1.807) is 30.3 Å². The molecule has 4 aromatic rings. The standard InChI is InChI=1S/C42H54FN6O8P/c1-6-17-30(18-7-2)39(50)55-34-26-35(49-28-45-36-37(44)46-41(43)47-38(36)49)56-42(34,10-5)27-53-58(52,57-32-23-15-12-16-24-32)48-33(25-29-21-13-11-14-22-29)40(51)54-31(19-8-3)20-9-4/h5,11-16,21-24,28,30-31,33-35H,6-9,17-20,25-27H2,1-4H3,(H,48,52)(H2,44,46,47)/t33?,34?,35?,42?,58-/m0/s1. The van der Waals surface area contributed by atoms with Gasteiger partial charge in [-0.25, -0.2) is 9.55 Å². The number of fused-ring (bicyclic) bond motifs is 1. The van der Waals surface area contributed by atoms with E-state index in [1.807, 2.05) is 58.0 Å². The Morgan fingerprint density at radius 1 is 1.00 bits per heavy atom. The fraction of sp³-hybridized carbons (Fsp3) is 0.500. The third-order valence-electron chi connectivity index (χ3n) is 9.93. The zero-order valence-corrected chi connectivity index (χ0v) is 34.4. The number of hydrogen-bond acceptors (Lipinski definition) is 12. The van der Waals surface area contributed by atoms with Crippen LogP contribution in [-0.4, -0.2) is 61.9 Å². The highest BCUT2D eigenvalue weighted by Gasteiger charge is 2.53. The van der Waals surface area contributed by atoms with Gasteiger partial charge < -0.3 is 24.5 Å². The van der Waals surface area contributed by atoms with Gasteiger partial charge in [0.25, 0.3) is 0 Å². The Kier molecular flexibility index (Phi) is 15.8. The fourth-order valence-corrected chi connectivity index (χ4v) is 8.57. The molecule has 312 valence electrons. The van der Waals surface area contributed by atoms with Gasteiger partial charge in [0.15, 0.2) is 22.6 Å². The van der Waals surface area contributed by atoms with E-state index in [0.717, 1.165) is 31.2 Å². The van der Waals surface area contributed by atoms with Crippen LogP contribution in [-0.2, 0) is 39.3 Å². The molecule has 0 saturated carbocycles. The topological polar surface area (TPSA) is 179 Å². The van der Waals surface area contributed by atoms with Crippen LogP contribution in [0, 0.1) is 24.3 Å². The molecule has 0 amide bonds. The first-order valence-corrected chi connectivity index (χ1v) is 21.5. The number of hydrogen-bond donors (Lipinski definition) is 2. The van der Waals surface area contributed by atoms with Crippen LogP contribution >= 0.6 is 7.75 Å². The molecule has 1 fully saturated rings. The summed E-state index contributed by atoms with van der Waals surface area (Å²) in [6.45, 7) is 7.34. The predicted molar refractivity (Wildman–Crippen MR) is 217 cm³/mol. The van der Waals surface area contributed by atoms with E-state index in [4.69, 9.17) is 35.4 Å². The van der Waals surface area contributed by atoms with E-state index in [-0.39, 0.29) is 41.7 Å². The van der Waals surface area contributed by atoms with Gasteiger partial charge in [0.05, 0.1) is 12.2 Å². The molecule has 1 aliphatic heterocycles. The smallest absolute Gasteiger partial charge is 0.459 e. The summed E-state index contributed by atoms with van der Waals surface area (Å²) in [5, 5.41) is 2.88. The second-order valence-corrected chi connectivity index (χ2v) is 16.1. The number of halogens is 1. The van der Waals surface area contributed by atoms with Gasteiger partial charge in [0.2, 0.25) is 0 Å². The SMILES string of the molecule is C#CC1(CO[P@@](=O)(NC(Cc2ccccc2)C(=O)OC(CCC)CCC)Oc2ccccc2)OC(n2cnc3c(N)nc(F)nc32)CC1OC(=O)C(CCC)CCC. The van der Waals surface area contributed by atoms with Crippen molar-refractivity contribution < 1.29 is 41.8 Å². The van der Waals surface area contributed by atoms with Crippen molar-refractivity contribution >= 4 is 36.7 Å². The molecular formula is C42H54FN6O8P. The highest BCUT2D eigenvalue weighted by molar-refractivity contribution is 7.52. The van der Waals surface area contributed by atoms with Gasteiger partial charge in [-0.2, -0.15) is 19.4 Å². The molecule has 0 radical (unpaired) electrons. The third-order valence-corrected chi connectivity index (χ3v) is 11.5. The molecule has 1 aliphatic rings. The number of carbonyl (C=O) groups excluding carboxylic acids is 2. The number of carbonyl (C=O) groups is 2. The Bertz CT molecular complexity index is 2040. The maximum Gasteiger partial charge on any atom is 0.459 e. The maximum atomic E-state index is 15.1. The van der Waals surface area contributed by atoms with Crippen LogP contribution in [0.3, 0.4) is 0 Å². The number of para-hydroxylation sites is 1. The lowest BCUT2D eigenvalue weighted by Gasteiger charge is -2.32. The van der Waals surface area contributed by atoms with E-state index in [9.17, 15) is 14.0 Å². The zero-order valence-electron chi connectivity index (χ0n) is 33.6. The van der Waals surface area contributed by atoms with Crippen LogP contribution < -0.4 is 15.3 Å². The van der Waals surface area contributed by atoms with Crippen LogP contribution in [0.15, 0.2) is 67.0 Å². The van der Waals surface area contributed by atoms with Crippen LogP contribution in [0.1, 0.15) is 97.3 Å². The number of imidazole rings is 1. The summed E-state index contributed by atoms with van der Waals surface area (Å²) in [6, 6.07) is 16.3. The average molecular weight is 821 g/mol. The van der Waals surface area contributed by atoms with Gasteiger partial charge in [-0.15, -0.1) is 6.42 Å². The Hall–Kier alpha value is -4.87. The summed E-state index contributed by atoms with van der Waals surface area (Å²) in [5.74, 6) is 1.09. The first-order chi connectivity index (χ1) is 28.0. The molecule has 5 rings (SSSR count). The summed E-state index contributed by atoms with van der Waals surface area (Å²) in [4.78, 5) is 39.5. The molecule has 0 spiro atoms. The Morgan fingerprint density at radius 3 is 2.26 bits per heavy atom. The Labute approximate surface area is 339 Å². The normalized spacial score (nSPS) is 19.5. The molecule has 2 aromatic heterocycles. The van der Waals surface area contributed by atoms with Crippen LogP contribution in [0.4, 0.5) is 10.2 Å². The summed E-state index contributed by atoms with van der Waals surface area (Å²) in [7, 11) is -4.58. The number of terminal acetylenes is 1. The van der Waals surface area contributed by atoms with E-state index in [0.29, 0.717) is 25.7 Å². The van der Waals surface area contributed by atoms with Crippen molar-refractivity contribution in [2.24, 2.45) is 5.92 Å². The van der Waals surface area contributed by atoms with Crippen molar-refractivity contribution in [1.29, 1.82) is 0 Å². The molecular weight excluding hydrogens is 766 g/mol. The number of esters is 2. The Morgan fingerprint density at radius 2 is 1.64 bits per heavy atom. The van der Waals surface area contributed by atoms with Crippen molar-refractivity contribution in [2.75, 3.05) is 12.3 Å². The van der Waals surface area contributed by atoms with E-state index < -0.39 is 62.3 Å². The lowest BCUT2D eigenvalue weighted by atomic mass is 9.96. The summed E-state index contributed by atoms with van der Waals surface area (Å²) >= 11 is 0. The number of aromatic nitrogens is 4. The monoisotopic (exact) mass is 820 g/mol. The quantitative estimate of drug-likeness (QED) is 0.0339. The molecule has 1 saturated heterocycles. The van der Waals surface area contributed by atoms with Gasteiger partial charge in [0, 0.05) is 6.42 Å². The number of rotatable bonds is 22. The second kappa shape index (κ2) is 20.7. The van der Waals surface area contributed by atoms with Crippen molar-refractivity contribution in [3.8, 4) is 18.1 Å². The number of ether oxygens (including phenoxy) is 3. The minimum absolute atomic E-state index is 0.0233. The lowest BCUT2D eigenvalue weighted by molar-refractivity contribution is -0.163. The maximum absolute atomic E-state index is 15.1. The molecule has 58 heavy (non-hydrogen) atoms. The molecule has 3 heterocycles. The fourth-order valence-electron chi connectivity index (χ4n) is 7.05. The number of nitrogens with one attached hydrogen (secondary N) is 1. The molecule has 2 aromatic carbocycles. The number of nitrogens with zero attached hydrogens (tertiary/aromatic N) is 4. The van der Waals surface area contributed by atoms with Gasteiger partial charge in [-0.3, -0.25) is 18.7 Å². The van der Waals surface area contributed by atoms with Gasteiger partial charge in [-0.1, -0.05) is 108 Å². The van der Waals surface area contributed by atoms with E-state index in [2.05, 4.69) is 26.0 Å². The minimum atomic E-state index is -4.58. The summed E-state index contributed by atoms with van der Waals surface area (Å²) < 4.78 is 61.9. The lowest BCUT2D eigenvalue weighted by Crippen LogP contribution is -2.47. The number of anilines is 1. The van der Waals surface area contributed by atoms with Crippen LogP contribution in [0.5, 0.6) is 5.75 Å². The first-order valence-electron chi connectivity index (χ1n) is 20.0. The number of nitrogens with two attached hydrogens (primary N) is 1. The van der Waals surface area contributed by atoms with Crippen molar-refractivity contribution in [3.63, 3.8) is 0 Å². The molecule has 0 aliphatic carbocycles. The molecule has 4 unspecified atom stereocenters. The van der Waals surface area contributed by atoms with Crippen molar-refractivity contribution in [2.45, 2.75) is 122 Å². The minimum Gasteiger partial charge on any atom is -0.461 e. The highest BCUT2D eigenvalue weighted by Crippen LogP contribution is 2.49. The predicted octanol–water partition coefficient (Wildman–Crippen LogP) is 7.88. The number of nitrogen functional groups attached to an aromatic ring is 1. The average Bonchev–Trinajstić information content (AvgIpc) is 3.79. The second-order valence-electron chi connectivity index (χ2n) is 14.4.